The van der Waals surface area contributed by atoms with Crippen molar-refractivity contribution in [2.45, 2.75) is 25.7 Å². The van der Waals surface area contributed by atoms with Gasteiger partial charge in [-0.2, -0.15) is 13.2 Å². The van der Waals surface area contributed by atoms with E-state index in [4.69, 9.17) is 5.11 Å². The quantitative estimate of drug-likeness (QED) is 0.802. The predicted octanol–water partition coefficient (Wildman–Crippen LogP) is 2.10. The monoisotopic (exact) mass is 331 g/mol. The van der Waals surface area contributed by atoms with E-state index in [9.17, 15) is 22.8 Å². The summed E-state index contributed by atoms with van der Waals surface area (Å²) in [4.78, 5) is 22.4. The van der Waals surface area contributed by atoms with Crippen LogP contribution >= 0.6 is 0 Å². The predicted molar refractivity (Wildman–Crippen MR) is 73.2 cm³/mol. The van der Waals surface area contributed by atoms with Crippen molar-refractivity contribution in [3.63, 3.8) is 0 Å². The second-order valence-corrected chi connectivity index (χ2v) is 5.43. The summed E-state index contributed by atoms with van der Waals surface area (Å²) in [5, 5.41) is 11.4. The Morgan fingerprint density at radius 1 is 1.26 bits per heavy atom. The van der Waals surface area contributed by atoms with E-state index in [1.165, 1.54) is 0 Å². The summed E-state index contributed by atoms with van der Waals surface area (Å²) in [6.45, 7) is -1.30. The van der Waals surface area contributed by atoms with Gasteiger partial charge in [0.25, 0.3) is 0 Å². The van der Waals surface area contributed by atoms with E-state index in [-0.39, 0.29) is 19.1 Å². The molecule has 2 N–H and O–H groups in total. The molecule has 0 saturated heterocycles. The van der Waals surface area contributed by atoms with Gasteiger partial charge in [-0.15, -0.1) is 0 Å². The largest absolute Gasteiger partial charge is 0.481 e. The number of rotatable bonds is 7. The first kappa shape index (κ1) is 17.3. The second-order valence-electron chi connectivity index (χ2n) is 5.43. The van der Waals surface area contributed by atoms with Crippen molar-refractivity contribution < 1.29 is 32.6 Å². The molecule has 1 fully saturated rings. The lowest BCUT2D eigenvalue weighted by molar-refractivity contribution is -0.176. The van der Waals surface area contributed by atoms with E-state index < -0.39 is 30.6 Å². The van der Waals surface area contributed by atoms with E-state index >= 15 is 0 Å². The van der Waals surface area contributed by atoms with E-state index in [2.05, 4.69) is 10.1 Å². The van der Waals surface area contributed by atoms with Crippen LogP contribution in [-0.4, -0.2) is 29.8 Å². The number of aliphatic carboxylic acids is 1. The topological polar surface area (TPSA) is 75.6 Å². The van der Waals surface area contributed by atoms with E-state index in [0.29, 0.717) is 17.5 Å². The number of hydrogen-bond acceptors (Lipinski definition) is 3. The molecule has 0 aromatic heterocycles. The number of benzene rings is 1. The van der Waals surface area contributed by atoms with E-state index in [0.717, 1.165) is 0 Å². The lowest BCUT2D eigenvalue weighted by atomic mass is 10.1. The van der Waals surface area contributed by atoms with Crippen LogP contribution in [-0.2, 0) is 27.5 Å². The Morgan fingerprint density at radius 3 is 2.57 bits per heavy atom. The number of halogens is 3. The Bertz CT molecular complexity index is 588. The third-order valence-electron chi connectivity index (χ3n) is 3.44. The first-order valence-corrected chi connectivity index (χ1v) is 6.99. The molecule has 0 aliphatic heterocycles. The number of amides is 1. The average molecular weight is 331 g/mol. The number of carboxylic acids is 1. The fraction of sp³-hybridized carbons (Fsp3) is 0.467. The van der Waals surface area contributed by atoms with Gasteiger partial charge >= 0.3 is 12.1 Å². The molecule has 126 valence electrons. The Morgan fingerprint density at radius 2 is 1.96 bits per heavy atom. The van der Waals surface area contributed by atoms with Crippen molar-refractivity contribution in [3.8, 4) is 0 Å². The molecule has 0 spiro atoms. The molecule has 0 heterocycles. The molecule has 2 atom stereocenters. The lowest BCUT2D eigenvalue weighted by Crippen LogP contribution is -2.26. The zero-order chi connectivity index (χ0) is 17.0. The van der Waals surface area contributed by atoms with Crippen LogP contribution in [0.15, 0.2) is 24.3 Å². The van der Waals surface area contributed by atoms with Crippen molar-refractivity contribution in [3.05, 3.63) is 35.4 Å². The van der Waals surface area contributed by atoms with Crippen molar-refractivity contribution in [2.24, 2.45) is 11.8 Å². The Kier molecular flexibility index (Phi) is 5.25. The smallest absolute Gasteiger partial charge is 0.411 e. The van der Waals surface area contributed by atoms with Crippen LogP contribution in [0.5, 0.6) is 0 Å². The first-order chi connectivity index (χ1) is 10.8. The molecule has 1 aliphatic rings. The molecule has 0 bridgehead atoms. The molecule has 2 unspecified atom stereocenters. The van der Waals surface area contributed by atoms with Crippen LogP contribution in [0.4, 0.5) is 13.2 Å². The van der Waals surface area contributed by atoms with Crippen LogP contribution < -0.4 is 5.32 Å². The highest BCUT2D eigenvalue weighted by Gasteiger charge is 2.48. The molecule has 8 heteroatoms. The van der Waals surface area contributed by atoms with Crippen LogP contribution in [0.25, 0.3) is 0 Å². The number of carbonyl (C=O) groups is 2. The first-order valence-electron chi connectivity index (χ1n) is 6.99. The number of hydrogen-bond donors (Lipinski definition) is 2. The summed E-state index contributed by atoms with van der Waals surface area (Å²) < 4.78 is 40.6. The summed E-state index contributed by atoms with van der Waals surface area (Å²) in [6.07, 6.45) is -4.02. The van der Waals surface area contributed by atoms with Gasteiger partial charge in [-0.05, 0) is 17.5 Å². The molecule has 0 radical (unpaired) electrons. The van der Waals surface area contributed by atoms with Crippen LogP contribution in [0, 0.1) is 11.8 Å². The second kappa shape index (κ2) is 6.99. The Balaban J connectivity index is 1.79. The minimum atomic E-state index is -4.36. The molecular weight excluding hydrogens is 315 g/mol. The molecule has 5 nitrogen and oxygen atoms in total. The molecule has 1 aromatic carbocycles. The summed E-state index contributed by atoms with van der Waals surface area (Å²) in [5.74, 6) is -2.41. The zero-order valence-corrected chi connectivity index (χ0v) is 12.1. The van der Waals surface area contributed by atoms with Crippen LogP contribution in [0.1, 0.15) is 17.5 Å². The Hall–Kier alpha value is -2.09. The fourth-order valence-corrected chi connectivity index (χ4v) is 2.19. The Labute approximate surface area is 130 Å². The van der Waals surface area contributed by atoms with Gasteiger partial charge in [0.05, 0.1) is 18.4 Å². The van der Waals surface area contributed by atoms with Gasteiger partial charge in [0, 0.05) is 6.54 Å². The number of ether oxygens (including phenoxy) is 1. The van der Waals surface area contributed by atoms with Gasteiger partial charge in [0.2, 0.25) is 5.91 Å². The van der Waals surface area contributed by atoms with Gasteiger partial charge in [-0.25, -0.2) is 0 Å². The van der Waals surface area contributed by atoms with Gasteiger partial charge in [0.15, 0.2) is 0 Å². The maximum absolute atomic E-state index is 12.0. The maximum atomic E-state index is 12.0. The standard InChI is InChI=1S/C15H16F3NO4/c16-15(17,18)8-23-7-10-3-1-2-9(4-10)6-19-13(20)11-5-12(11)14(21)22/h1-4,11-12H,5-8H2,(H,19,20)(H,21,22). The summed E-state index contributed by atoms with van der Waals surface area (Å²) in [5.41, 5.74) is 1.27. The average Bonchev–Trinajstić information content (AvgIpc) is 3.24. The van der Waals surface area contributed by atoms with Crippen molar-refractivity contribution in [2.75, 3.05) is 6.61 Å². The lowest BCUT2D eigenvalue weighted by Gasteiger charge is -2.09. The highest BCUT2D eigenvalue weighted by molar-refractivity contribution is 5.89. The van der Waals surface area contributed by atoms with Gasteiger partial charge in [-0.1, -0.05) is 24.3 Å². The molecule has 1 saturated carbocycles. The van der Waals surface area contributed by atoms with E-state index in [1.807, 2.05) is 0 Å². The van der Waals surface area contributed by atoms with Crippen molar-refractivity contribution in [1.82, 2.24) is 5.32 Å². The third kappa shape index (κ3) is 5.55. The number of carbonyl (C=O) groups excluding carboxylic acids is 1. The minimum Gasteiger partial charge on any atom is -0.481 e. The minimum absolute atomic E-state index is 0.176. The fourth-order valence-electron chi connectivity index (χ4n) is 2.19. The summed E-state index contributed by atoms with van der Waals surface area (Å²) in [7, 11) is 0. The maximum Gasteiger partial charge on any atom is 0.411 e. The number of nitrogens with one attached hydrogen (secondary N) is 1. The molecule has 1 amide bonds. The molecule has 2 rings (SSSR count). The van der Waals surface area contributed by atoms with Crippen molar-refractivity contribution in [1.29, 1.82) is 0 Å². The van der Waals surface area contributed by atoms with Crippen molar-refractivity contribution >= 4 is 11.9 Å². The molecule has 1 aromatic rings. The number of alkyl halides is 3. The molecule has 1 aliphatic carbocycles. The van der Waals surface area contributed by atoms with E-state index in [1.54, 1.807) is 24.3 Å². The normalized spacial score (nSPS) is 20.1. The van der Waals surface area contributed by atoms with Gasteiger partial charge < -0.3 is 15.2 Å². The zero-order valence-electron chi connectivity index (χ0n) is 12.1. The van der Waals surface area contributed by atoms with Crippen LogP contribution in [0.3, 0.4) is 0 Å². The highest BCUT2D eigenvalue weighted by Crippen LogP contribution is 2.38. The molecular formula is C15H16F3NO4. The molecule has 23 heavy (non-hydrogen) atoms. The SMILES string of the molecule is O=C(O)C1CC1C(=O)NCc1cccc(COCC(F)(F)F)c1. The number of carboxylic acid groups (broad SMARTS) is 1. The summed E-state index contributed by atoms with van der Waals surface area (Å²) in [6, 6.07) is 6.64. The summed E-state index contributed by atoms with van der Waals surface area (Å²) >= 11 is 0. The van der Waals surface area contributed by atoms with Gasteiger partial charge in [-0.3, -0.25) is 9.59 Å². The van der Waals surface area contributed by atoms with Gasteiger partial charge in [0.1, 0.15) is 6.61 Å². The highest BCUT2D eigenvalue weighted by atomic mass is 19.4. The third-order valence-corrected chi connectivity index (χ3v) is 3.44. The van der Waals surface area contributed by atoms with Crippen LogP contribution in [0.2, 0.25) is 0 Å².